The molecule has 2 aromatic rings. The number of ether oxygens (including phenoxy) is 1. The molecule has 1 N–H and O–H groups in total. The number of carbonyl (C=O) groups excluding carboxylic acids is 2. The summed E-state index contributed by atoms with van der Waals surface area (Å²) in [5, 5.41) is 11.8. The first kappa shape index (κ1) is 18.4. The maximum Gasteiger partial charge on any atom is 0.261 e. The minimum absolute atomic E-state index is 0.0849. The number of rotatable bonds is 5. The van der Waals surface area contributed by atoms with E-state index in [0.717, 1.165) is 0 Å². The summed E-state index contributed by atoms with van der Waals surface area (Å²) in [4.78, 5) is 25.9. The van der Waals surface area contributed by atoms with E-state index in [1.165, 1.54) is 17.0 Å². The van der Waals surface area contributed by atoms with Crippen LogP contribution in [0.3, 0.4) is 0 Å². The third-order valence-corrected chi connectivity index (χ3v) is 4.30. The van der Waals surface area contributed by atoms with Crippen LogP contribution in [0.4, 0.5) is 10.1 Å². The van der Waals surface area contributed by atoms with Gasteiger partial charge >= 0.3 is 0 Å². The highest BCUT2D eigenvalue weighted by atomic mass is 19.1. The van der Waals surface area contributed by atoms with E-state index in [9.17, 15) is 14.0 Å². The van der Waals surface area contributed by atoms with Gasteiger partial charge in [0.15, 0.2) is 6.10 Å². The van der Waals surface area contributed by atoms with Crippen LogP contribution in [-0.2, 0) is 9.59 Å². The van der Waals surface area contributed by atoms with Gasteiger partial charge in [-0.3, -0.25) is 9.59 Å². The Morgan fingerprint density at radius 2 is 2.00 bits per heavy atom. The molecule has 2 atom stereocenters. The minimum Gasteiger partial charge on any atom is -0.480 e. The highest BCUT2D eigenvalue weighted by Gasteiger charge is 2.33. The number of benzene rings is 2. The van der Waals surface area contributed by atoms with E-state index in [2.05, 4.69) is 5.32 Å². The number of hydrogen-bond acceptors (Lipinski definition) is 4. The number of nitriles is 1. The van der Waals surface area contributed by atoms with Crippen LogP contribution in [0.2, 0.25) is 0 Å². The second-order valence-electron chi connectivity index (χ2n) is 6.23. The quantitative estimate of drug-likeness (QED) is 0.880. The van der Waals surface area contributed by atoms with Crippen LogP contribution in [0.25, 0.3) is 0 Å². The van der Waals surface area contributed by atoms with Gasteiger partial charge in [-0.15, -0.1) is 0 Å². The Hall–Kier alpha value is -3.40. The van der Waals surface area contributed by atoms with Gasteiger partial charge in [-0.25, -0.2) is 4.39 Å². The van der Waals surface area contributed by atoms with E-state index in [-0.39, 0.29) is 24.6 Å². The van der Waals surface area contributed by atoms with Crippen LogP contribution in [0.1, 0.15) is 18.9 Å². The smallest absolute Gasteiger partial charge is 0.261 e. The number of anilines is 1. The van der Waals surface area contributed by atoms with Crippen LogP contribution in [0.5, 0.6) is 5.75 Å². The Balaban J connectivity index is 1.62. The monoisotopic (exact) mass is 367 g/mol. The zero-order chi connectivity index (χ0) is 19.4. The lowest BCUT2D eigenvalue weighted by atomic mass is 10.2. The van der Waals surface area contributed by atoms with E-state index < -0.39 is 23.9 Å². The van der Waals surface area contributed by atoms with Gasteiger partial charge in [0.2, 0.25) is 5.91 Å². The SMILES string of the molecule is CC(Oc1ccccc1C#N)C(=O)NC1CC(=O)N(c2ccccc2F)C1. The van der Waals surface area contributed by atoms with Gasteiger partial charge < -0.3 is 15.0 Å². The number of carbonyl (C=O) groups is 2. The Morgan fingerprint density at radius 3 is 2.74 bits per heavy atom. The topological polar surface area (TPSA) is 82.4 Å². The maximum atomic E-state index is 13.9. The van der Waals surface area contributed by atoms with Gasteiger partial charge in [0.25, 0.3) is 5.91 Å². The van der Waals surface area contributed by atoms with Crippen molar-refractivity contribution in [1.29, 1.82) is 5.26 Å². The number of nitrogens with one attached hydrogen (secondary N) is 1. The van der Waals surface area contributed by atoms with Gasteiger partial charge in [-0.2, -0.15) is 5.26 Å². The molecule has 7 heteroatoms. The Kier molecular flexibility index (Phi) is 5.36. The van der Waals surface area contributed by atoms with Gasteiger partial charge in [-0.05, 0) is 31.2 Å². The van der Waals surface area contributed by atoms with Crippen molar-refractivity contribution in [3.05, 3.63) is 59.9 Å². The first-order chi connectivity index (χ1) is 13.0. The lowest BCUT2D eigenvalue weighted by Gasteiger charge is -2.20. The van der Waals surface area contributed by atoms with Crippen molar-refractivity contribution in [3.8, 4) is 11.8 Å². The van der Waals surface area contributed by atoms with Crippen LogP contribution < -0.4 is 15.0 Å². The first-order valence-corrected chi connectivity index (χ1v) is 8.50. The molecule has 1 aliphatic heterocycles. The van der Waals surface area contributed by atoms with Crippen LogP contribution in [-0.4, -0.2) is 30.5 Å². The second kappa shape index (κ2) is 7.87. The summed E-state index contributed by atoms with van der Waals surface area (Å²) in [6.07, 6.45) is -0.765. The molecule has 138 valence electrons. The molecule has 2 amide bonds. The zero-order valence-corrected chi connectivity index (χ0v) is 14.7. The Bertz CT molecular complexity index is 909. The van der Waals surface area contributed by atoms with E-state index >= 15 is 0 Å². The molecule has 1 fully saturated rings. The molecule has 0 aliphatic carbocycles. The molecule has 6 nitrogen and oxygen atoms in total. The summed E-state index contributed by atoms with van der Waals surface area (Å²) in [5.41, 5.74) is 0.533. The number of amides is 2. The average molecular weight is 367 g/mol. The molecule has 2 aromatic carbocycles. The molecule has 0 bridgehead atoms. The van der Waals surface area contributed by atoms with E-state index in [1.807, 2.05) is 6.07 Å². The molecule has 0 saturated carbocycles. The van der Waals surface area contributed by atoms with Gasteiger partial charge in [0, 0.05) is 13.0 Å². The van der Waals surface area contributed by atoms with Crippen molar-refractivity contribution in [1.82, 2.24) is 5.32 Å². The third-order valence-electron chi connectivity index (χ3n) is 4.30. The van der Waals surface area contributed by atoms with Crippen molar-refractivity contribution < 1.29 is 18.7 Å². The van der Waals surface area contributed by atoms with Crippen LogP contribution in [0.15, 0.2) is 48.5 Å². The van der Waals surface area contributed by atoms with Crippen molar-refractivity contribution in [2.75, 3.05) is 11.4 Å². The van der Waals surface area contributed by atoms with Crippen molar-refractivity contribution >= 4 is 17.5 Å². The van der Waals surface area contributed by atoms with Crippen molar-refractivity contribution in [3.63, 3.8) is 0 Å². The molecule has 2 unspecified atom stereocenters. The summed E-state index contributed by atoms with van der Waals surface area (Å²) >= 11 is 0. The lowest BCUT2D eigenvalue weighted by Crippen LogP contribution is -2.43. The number of hydrogen-bond donors (Lipinski definition) is 1. The lowest BCUT2D eigenvalue weighted by molar-refractivity contribution is -0.127. The molecular weight excluding hydrogens is 349 g/mol. The fourth-order valence-electron chi connectivity index (χ4n) is 2.93. The second-order valence-corrected chi connectivity index (χ2v) is 6.23. The summed E-state index contributed by atoms with van der Waals surface area (Å²) in [5.74, 6) is -0.828. The molecule has 1 saturated heterocycles. The molecule has 0 radical (unpaired) electrons. The van der Waals surface area contributed by atoms with E-state index in [4.69, 9.17) is 10.00 Å². The summed E-state index contributed by atoms with van der Waals surface area (Å²) in [6.45, 7) is 1.75. The number of halogens is 1. The standard InChI is InChI=1S/C20H18FN3O3/c1-13(27-18-9-5-2-6-14(18)11-22)20(26)23-15-10-19(25)24(12-15)17-8-4-3-7-16(17)21/h2-9,13,15H,10,12H2,1H3,(H,23,26). The average Bonchev–Trinajstić information content (AvgIpc) is 3.02. The van der Waals surface area contributed by atoms with Gasteiger partial charge in [0.1, 0.15) is 17.6 Å². The summed E-state index contributed by atoms with van der Waals surface area (Å²) in [6, 6.07) is 14.2. The molecular formula is C20H18FN3O3. The first-order valence-electron chi connectivity index (χ1n) is 8.50. The van der Waals surface area contributed by atoms with Crippen molar-refractivity contribution in [2.45, 2.75) is 25.5 Å². The Labute approximate surface area is 156 Å². The van der Waals surface area contributed by atoms with Gasteiger partial charge in [-0.1, -0.05) is 24.3 Å². The van der Waals surface area contributed by atoms with Gasteiger partial charge in [0.05, 0.1) is 17.3 Å². The molecule has 0 aromatic heterocycles. The predicted molar refractivity (Wildman–Crippen MR) is 96.5 cm³/mol. The van der Waals surface area contributed by atoms with E-state index in [0.29, 0.717) is 11.3 Å². The minimum atomic E-state index is -0.850. The summed E-state index contributed by atoms with van der Waals surface area (Å²) < 4.78 is 19.5. The highest BCUT2D eigenvalue weighted by molar-refractivity contribution is 5.97. The predicted octanol–water partition coefficient (Wildman–Crippen LogP) is 2.39. The number of para-hydroxylation sites is 2. The fraction of sp³-hybridized carbons (Fsp3) is 0.250. The Morgan fingerprint density at radius 1 is 1.30 bits per heavy atom. The normalized spacial score (nSPS) is 17.3. The molecule has 1 aliphatic rings. The molecule has 27 heavy (non-hydrogen) atoms. The highest BCUT2D eigenvalue weighted by Crippen LogP contribution is 2.24. The van der Waals surface area contributed by atoms with E-state index in [1.54, 1.807) is 43.3 Å². The third kappa shape index (κ3) is 4.06. The number of nitrogens with zero attached hydrogens (tertiary/aromatic N) is 2. The van der Waals surface area contributed by atoms with Crippen LogP contribution >= 0.6 is 0 Å². The summed E-state index contributed by atoms with van der Waals surface area (Å²) in [7, 11) is 0. The molecule has 1 heterocycles. The zero-order valence-electron chi connectivity index (χ0n) is 14.7. The molecule has 3 rings (SSSR count). The fourth-order valence-corrected chi connectivity index (χ4v) is 2.93. The molecule has 0 spiro atoms. The largest absolute Gasteiger partial charge is 0.480 e. The van der Waals surface area contributed by atoms with Crippen LogP contribution in [0, 0.1) is 17.1 Å². The maximum absolute atomic E-state index is 13.9. The van der Waals surface area contributed by atoms with Crippen molar-refractivity contribution in [2.24, 2.45) is 0 Å².